The van der Waals surface area contributed by atoms with Crippen molar-refractivity contribution in [2.75, 3.05) is 0 Å². The number of pyridine rings is 1. The predicted molar refractivity (Wildman–Crippen MR) is 145 cm³/mol. The molecule has 1 nitrogen and oxygen atoms in total. The fourth-order valence-corrected chi connectivity index (χ4v) is 3.45. The van der Waals surface area contributed by atoms with Crippen molar-refractivity contribution in [1.82, 2.24) is 4.98 Å². The molecule has 4 aromatic rings. The van der Waals surface area contributed by atoms with Crippen LogP contribution in [0.3, 0.4) is 0 Å². The van der Waals surface area contributed by atoms with E-state index in [9.17, 15) is 0 Å². The van der Waals surface area contributed by atoms with Gasteiger partial charge in [-0.2, -0.15) is 5.56 Å². The van der Waals surface area contributed by atoms with Gasteiger partial charge in [-0.05, 0) is 22.2 Å². The van der Waals surface area contributed by atoms with Crippen LogP contribution in [0.1, 0.15) is 58.2 Å². The maximum absolute atomic E-state index is 5.65. The Hall–Kier alpha value is -2.96. The quantitative estimate of drug-likeness (QED) is 0.201. The molecule has 1 radical (unpaired) electrons. The molecule has 35 heavy (non-hydrogen) atoms. The molecule has 1 heterocycles. The Bertz CT molecular complexity index is 1130. The summed E-state index contributed by atoms with van der Waals surface area (Å²) in [5.74, 6) is 0. The maximum Gasteiger partial charge on any atom is 3.00 e. The number of nitrogens with zero attached hydrogens (tertiary/aromatic N) is 1. The fourth-order valence-electron chi connectivity index (χ4n) is 3.45. The number of hydrogen-bond acceptors (Lipinski definition) is 1. The van der Waals surface area contributed by atoms with Crippen LogP contribution < -0.4 is 0 Å². The minimum atomic E-state index is 0. The number of benzene rings is 3. The third-order valence-corrected chi connectivity index (χ3v) is 5.60. The smallest absolute Gasteiger partial charge is 0.345 e. The summed E-state index contributed by atoms with van der Waals surface area (Å²) >= 11 is 0. The Kier molecular flexibility index (Phi) is 9.81. The Labute approximate surface area is 222 Å². The van der Waals surface area contributed by atoms with E-state index in [0.29, 0.717) is 0 Å². The Balaban J connectivity index is 0.000000242. The first-order valence-corrected chi connectivity index (χ1v) is 11.7. The zero-order valence-corrected chi connectivity index (χ0v) is 22.5. The van der Waals surface area contributed by atoms with Crippen LogP contribution in [-0.2, 0) is 27.3 Å². The van der Waals surface area contributed by atoms with Gasteiger partial charge in [-0.1, -0.05) is 76.9 Å². The van der Waals surface area contributed by atoms with Gasteiger partial charge < -0.3 is 4.98 Å². The summed E-state index contributed by atoms with van der Waals surface area (Å²) in [6.45, 7) is 19.0. The summed E-state index contributed by atoms with van der Waals surface area (Å²) < 4.78 is 0. The molecular formula is C33H34NNi. The number of hydrogen-bond donors (Lipinski definition) is 0. The van der Waals surface area contributed by atoms with Gasteiger partial charge in [-0.15, -0.1) is 83.9 Å². The summed E-state index contributed by atoms with van der Waals surface area (Å²) in [5.41, 5.74) is 8.02. The summed E-state index contributed by atoms with van der Waals surface area (Å²) in [5, 5.41) is 0. The van der Waals surface area contributed by atoms with E-state index >= 15 is 0 Å². The average molecular weight is 503 g/mol. The molecule has 2 heteroatoms. The first kappa shape index (κ1) is 28.3. The van der Waals surface area contributed by atoms with Crippen molar-refractivity contribution >= 4 is 6.08 Å². The minimum absolute atomic E-state index is 0. The molecular weight excluding hydrogens is 469 g/mol. The second-order valence-corrected chi connectivity index (χ2v) is 10.5. The van der Waals surface area contributed by atoms with E-state index in [1.54, 1.807) is 6.08 Å². The Morgan fingerprint density at radius 1 is 0.657 bits per heavy atom. The molecule has 0 aliphatic carbocycles. The van der Waals surface area contributed by atoms with Crippen molar-refractivity contribution in [2.45, 2.75) is 52.4 Å². The van der Waals surface area contributed by atoms with E-state index in [1.165, 1.54) is 11.1 Å². The fraction of sp³-hybridized carbons (Fsp3) is 0.242. The van der Waals surface area contributed by atoms with Crippen molar-refractivity contribution in [1.29, 1.82) is 0 Å². The van der Waals surface area contributed by atoms with E-state index in [4.69, 9.17) is 6.58 Å². The normalized spacial score (nSPS) is 11.0. The molecule has 0 unspecified atom stereocenters. The monoisotopic (exact) mass is 502 g/mol. The molecule has 3 aromatic carbocycles. The van der Waals surface area contributed by atoms with E-state index in [1.807, 2.05) is 66.7 Å². The third kappa shape index (κ3) is 8.05. The summed E-state index contributed by atoms with van der Waals surface area (Å²) in [6, 6.07) is 34.8. The van der Waals surface area contributed by atoms with Gasteiger partial charge in [0.15, 0.2) is 0 Å². The third-order valence-electron chi connectivity index (χ3n) is 5.60. The summed E-state index contributed by atoms with van der Waals surface area (Å²) in [6.07, 6.45) is 1.68. The first-order valence-electron chi connectivity index (χ1n) is 11.7. The van der Waals surface area contributed by atoms with Gasteiger partial charge in [0, 0.05) is 0 Å². The molecule has 0 spiro atoms. The molecule has 0 aliphatic rings. The van der Waals surface area contributed by atoms with Gasteiger partial charge in [0.25, 0.3) is 0 Å². The average Bonchev–Trinajstić information content (AvgIpc) is 2.84. The van der Waals surface area contributed by atoms with Gasteiger partial charge >= 0.3 is 16.5 Å². The second kappa shape index (κ2) is 12.1. The van der Waals surface area contributed by atoms with Gasteiger partial charge in [-0.25, -0.2) is 6.08 Å². The van der Waals surface area contributed by atoms with Crippen molar-refractivity contribution in [3.8, 4) is 22.5 Å². The largest absolute Gasteiger partial charge is 3.00 e. The molecule has 1 aromatic heterocycles. The standard InChI is InChI=1S/C17H11N.C16H23.Ni/c1-3-8-14(9-4-1)16-12-7-13-17(18-16)15-10-5-2-6-11-15;1-8-12-9-13(15(2,3)4)11-14(10-12)16(5,6)7;/h1-8,10,12-13H;1,8-11H,2-7H3;/q-2;-1;+3. The van der Waals surface area contributed by atoms with Crippen molar-refractivity contribution < 1.29 is 16.5 Å². The molecule has 4 rings (SSSR count). The van der Waals surface area contributed by atoms with E-state index in [-0.39, 0.29) is 27.3 Å². The van der Waals surface area contributed by atoms with E-state index < -0.39 is 0 Å². The predicted octanol–water partition coefficient (Wildman–Crippen LogP) is 8.74. The molecule has 0 saturated carbocycles. The van der Waals surface area contributed by atoms with Crippen LogP contribution in [0.25, 0.3) is 28.6 Å². The first-order chi connectivity index (χ1) is 16.1. The summed E-state index contributed by atoms with van der Waals surface area (Å²) in [4.78, 5) is 4.65. The van der Waals surface area contributed by atoms with Crippen LogP contribution in [0.5, 0.6) is 0 Å². The number of aromatic nitrogens is 1. The van der Waals surface area contributed by atoms with Gasteiger partial charge in [0.2, 0.25) is 0 Å². The molecule has 0 fully saturated rings. The molecule has 0 N–H and O–H groups in total. The topological polar surface area (TPSA) is 12.9 Å². The zero-order chi connectivity index (χ0) is 24.8. The minimum Gasteiger partial charge on any atom is -0.345 e. The van der Waals surface area contributed by atoms with Crippen molar-refractivity contribution in [2.24, 2.45) is 0 Å². The molecule has 0 atom stereocenters. The molecule has 0 aliphatic heterocycles. The van der Waals surface area contributed by atoms with Crippen LogP contribution in [0.4, 0.5) is 0 Å². The van der Waals surface area contributed by atoms with Crippen LogP contribution in [-0.4, -0.2) is 4.98 Å². The van der Waals surface area contributed by atoms with Gasteiger partial charge in [0.1, 0.15) is 0 Å². The van der Waals surface area contributed by atoms with Gasteiger partial charge in [-0.3, -0.25) is 6.58 Å². The maximum atomic E-state index is 5.65. The number of rotatable bonds is 3. The van der Waals surface area contributed by atoms with Crippen LogP contribution in [0.2, 0.25) is 0 Å². The SMILES string of the molecule is [CH-]=Cc1cc(C(C)(C)C)cc(C(C)(C)C)c1.[Ni+3].[c-]1ccccc1-c1cccc(-c2[c-]cccc2)n1. The Morgan fingerprint density at radius 2 is 1.11 bits per heavy atom. The Morgan fingerprint density at radius 3 is 1.46 bits per heavy atom. The van der Waals surface area contributed by atoms with Crippen molar-refractivity contribution in [3.05, 3.63) is 120 Å². The van der Waals surface area contributed by atoms with Crippen LogP contribution in [0.15, 0.2) is 84.9 Å². The molecule has 0 saturated heterocycles. The summed E-state index contributed by atoms with van der Waals surface area (Å²) in [7, 11) is 0. The van der Waals surface area contributed by atoms with E-state index in [2.05, 4.69) is 76.9 Å². The molecule has 181 valence electrons. The van der Waals surface area contributed by atoms with Crippen LogP contribution in [0, 0.1) is 18.7 Å². The molecule has 0 amide bonds. The van der Waals surface area contributed by atoms with Gasteiger partial charge in [0.05, 0.1) is 0 Å². The second-order valence-electron chi connectivity index (χ2n) is 10.5. The van der Waals surface area contributed by atoms with E-state index in [0.717, 1.165) is 28.1 Å². The zero-order valence-electron chi connectivity index (χ0n) is 21.5. The molecule has 0 bridgehead atoms. The van der Waals surface area contributed by atoms with Crippen molar-refractivity contribution in [3.63, 3.8) is 0 Å². The van der Waals surface area contributed by atoms with Crippen LogP contribution >= 0.6 is 0 Å².